The molecule has 1 aromatic carbocycles. The van der Waals surface area contributed by atoms with Gasteiger partial charge < -0.3 is 9.64 Å². The number of methoxy groups -OCH3 is 1. The number of rotatable bonds is 4. The molecule has 1 heterocycles. The fraction of sp³-hybridized carbons (Fsp3) is 0.467. The van der Waals surface area contributed by atoms with E-state index in [2.05, 4.69) is 4.74 Å². The normalized spacial score (nSPS) is 17.9. The lowest BCUT2D eigenvalue weighted by molar-refractivity contribution is -0.143. The molecule has 1 aliphatic rings. The number of hydrogen-bond donors (Lipinski definition) is 0. The summed E-state index contributed by atoms with van der Waals surface area (Å²) in [5.41, 5.74) is -0.205. The summed E-state index contributed by atoms with van der Waals surface area (Å²) in [5.74, 6) is -3.05. The van der Waals surface area contributed by atoms with E-state index in [4.69, 9.17) is 0 Å². The van der Waals surface area contributed by atoms with Crippen molar-refractivity contribution in [3.8, 4) is 0 Å². The topological polar surface area (TPSA) is 46.6 Å². The van der Waals surface area contributed by atoms with Gasteiger partial charge in [-0.3, -0.25) is 9.59 Å². The van der Waals surface area contributed by atoms with E-state index in [-0.39, 0.29) is 24.4 Å². The van der Waals surface area contributed by atoms with Crippen molar-refractivity contribution >= 4 is 23.6 Å². The Labute approximate surface area is 136 Å². The fourth-order valence-corrected chi connectivity index (χ4v) is 3.45. The molecule has 8 heteroatoms. The van der Waals surface area contributed by atoms with E-state index in [1.54, 1.807) is 11.8 Å². The molecule has 1 unspecified atom stereocenters. The van der Waals surface area contributed by atoms with Gasteiger partial charge in [0.15, 0.2) is 11.6 Å². The Morgan fingerprint density at radius 2 is 1.96 bits per heavy atom. The number of thioether (sulfide) groups is 1. The third kappa shape index (κ3) is 4.40. The molecule has 1 aromatic rings. The van der Waals surface area contributed by atoms with Crippen LogP contribution in [0.4, 0.5) is 13.2 Å². The second kappa shape index (κ2) is 7.72. The van der Waals surface area contributed by atoms with Gasteiger partial charge in [-0.1, -0.05) is 0 Å². The lowest BCUT2D eigenvalue weighted by Crippen LogP contribution is -2.47. The standard InChI is InChI=1S/C15H16F3NO3S/c1-22-15(21)6-10-8-23-3-2-19(10)14(20)5-9-4-12(17)13(18)7-11(9)16/h4,7,10H,2-3,5-6,8H2,1H3. The van der Waals surface area contributed by atoms with Crippen molar-refractivity contribution in [2.24, 2.45) is 0 Å². The monoisotopic (exact) mass is 347 g/mol. The predicted molar refractivity (Wildman–Crippen MR) is 79.5 cm³/mol. The molecule has 1 aliphatic heterocycles. The molecule has 0 saturated carbocycles. The smallest absolute Gasteiger partial charge is 0.307 e. The van der Waals surface area contributed by atoms with Gasteiger partial charge >= 0.3 is 5.97 Å². The molecule has 0 radical (unpaired) electrons. The summed E-state index contributed by atoms with van der Waals surface area (Å²) in [5, 5.41) is 0. The van der Waals surface area contributed by atoms with Crippen LogP contribution in [-0.2, 0) is 20.7 Å². The number of nitrogens with zero attached hydrogens (tertiary/aromatic N) is 1. The summed E-state index contributed by atoms with van der Waals surface area (Å²) in [7, 11) is 1.27. The zero-order chi connectivity index (χ0) is 17.0. The maximum absolute atomic E-state index is 13.7. The van der Waals surface area contributed by atoms with Gasteiger partial charge in [-0.05, 0) is 6.07 Å². The zero-order valence-electron chi connectivity index (χ0n) is 12.5. The first-order valence-corrected chi connectivity index (χ1v) is 8.15. The van der Waals surface area contributed by atoms with Crippen LogP contribution in [-0.4, -0.2) is 48.0 Å². The van der Waals surface area contributed by atoms with E-state index >= 15 is 0 Å². The number of hydrogen-bond acceptors (Lipinski definition) is 4. The Balaban J connectivity index is 2.11. The van der Waals surface area contributed by atoms with Crippen molar-refractivity contribution in [1.29, 1.82) is 0 Å². The molecule has 126 valence electrons. The second-order valence-electron chi connectivity index (χ2n) is 5.13. The van der Waals surface area contributed by atoms with Gasteiger partial charge in [0.2, 0.25) is 5.91 Å². The van der Waals surface area contributed by atoms with Crippen molar-refractivity contribution in [1.82, 2.24) is 4.90 Å². The first-order valence-electron chi connectivity index (χ1n) is 6.99. The van der Waals surface area contributed by atoms with Crippen LogP contribution in [0.15, 0.2) is 12.1 Å². The minimum absolute atomic E-state index is 0.0511. The summed E-state index contributed by atoms with van der Waals surface area (Å²) in [6, 6.07) is 0.772. The number of amides is 1. The molecule has 1 amide bonds. The maximum atomic E-state index is 13.7. The number of esters is 1. The molecule has 0 aliphatic carbocycles. The summed E-state index contributed by atoms with van der Waals surface area (Å²) >= 11 is 1.61. The summed E-state index contributed by atoms with van der Waals surface area (Å²) in [4.78, 5) is 25.3. The van der Waals surface area contributed by atoms with Gasteiger partial charge in [-0.2, -0.15) is 11.8 Å². The van der Waals surface area contributed by atoms with Crippen LogP contribution in [0.3, 0.4) is 0 Å². The van der Waals surface area contributed by atoms with Crippen LogP contribution in [0, 0.1) is 17.5 Å². The number of ether oxygens (including phenoxy) is 1. The molecular weight excluding hydrogens is 331 g/mol. The van der Waals surface area contributed by atoms with E-state index < -0.39 is 29.3 Å². The van der Waals surface area contributed by atoms with E-state index in [1.165, 1.54) is 12.0 Å². The maximum Gasteiger partial charge on any atom is 0.307 e. The molecule has 1 saturated heterocycles. The van der Waals surface area contributed by atoms with Gasteiger partial charge in [0, 0.05) is 29.7 Å². The van der Waals surface area contributed by atoms with Gasteiger partial charge in [0.1, 0.15) is 5.82 Å². The SMILES string of the molecule is COC(=O)CC1CSCCN1C(=O)Cc1cc(F)c(F)cc1F. The highest BCUT2D eigenvalue weighted by Crippen LogP contribution is 2.22. The van der Waals surface area contributed by atoms with Crippen molar-refractivity contribution < 1.29 is 27.5 Å². The first kappa shape index (κ1) is 17.7. The Bertz CT molecular complexity index is 612. The molecule has 23 heavy (non-hydrogen) atoms. The quantitative estimate of drug-likeness (QED) is 0.619. The van der Waals surface area contributed by atoms with E-state index in [0.29, 0.717) is 30.2 Å². The third-order valence-electron chi connectivity index (χ3n) is 3.61. The van der Waals surface area contributed by atoms with Crippen molar-refractivity contribution in [2.45, 2.75) is 18.9 Å². The molecular formula is C15H16F3NO3S. The van der Waals surface area contributed by atoms with Gasteiger partial charge in [-0.15, -0.1) is 0 Å². The van der Waals surface area contributed by atoms with E-state index in [9.17, 15) is 22.8 Å². The summed E-state index contributed by atoms with van der Waals surface area (Å²) in [6.07, 6.45) is -0.332. The Morgan fingerprint density at radius 1 is 1.26 bits per heavy atom. The van der Waals surface area contributed by atoms with Crippen LogP contribution in [0.1, 0.15) is 12.0 Å². The van der Waals surface area contributed by atoms with Crippen molar-refractivity contribution in [2.75, 3.05) is 25.2 Å². The molecule has 1 atom stereocenters. The lowest BCUT2D eigenvalue weighted by Gasteiger charge is -2.35. The van der Waals surface area contributed by atoms with Crippen LogP contribution in [0.2, 0.25) is 0 Å². The number of carbonyl (C=O) groups is 2. The van der Waals surface area contributed by atoms with Gasteiger partial charge in [0.05, 0.1) is 26.0 Å². The average Bonchev–Trinajstić information content (AvgIpc) is 2.52. The minimum Gasteiger partial charge on any atom is -0.469 e. The average molecular weight is 347 g/mol. The summed E-state index contributed by atoms with van der Waals surface area (Å²) in [6.45, 7) is 0.413. The molecule has 1 fully saturated rings. The van der Waals surface area contributed by atoms with Crippen LogP contribution in [0.5, 0.6) is 0 Å². The van der Waals surface area contributed by atoms with E-state index in [0.717, 1.165) is 0 Å². The number of halogens is 3. The highest BCUT2D eigenvalue weighted by atomic mass is 32.2. The number of carbonyl (C=O) groups excluding carboxylic acids is 2. The third-order valence-corrected chi connectivity index (χ3v) is 4.70. The van der Waals surface area contributed by atoms with Crippen LogP contribution < -0.4 is 0 Å². The van der Waals surface area contributed by atoms with E-state index in [1.807, 2.05) is 0 Å². The van der Waals surface area contributed by atoms with Crippen molar-refractivity contribution in [3.63, 3.8) is 0 Å². The molecule has 2 rings (SSSR count). The Morgan fingerprint density at radius 3 is 2.65 bits per heavy atom. The highest BCUT2D eigenvalue weighted by Gasteiger charge is 2.29. The van der Waals surface area contributed by atoms with Gasteiger partial charge in [-0.25, -0.2) is 13.2 Å². The predicted octanol–water partition coefficient (Wildman–Crippen LogP) is 2.15. The van der Waals surface area contributed by atoms with Crippen molar-refractivity contribution in [3.05, 3.63) is 35.1 Å². The number of benzene rings is 1. The Hall–Kier alpha value is -1.70. The zero-order valence-corrected chi connectivity index (χ0v) is 13.3. The van der Waals surface area contributed by atoms with Crippen LogP contribution >= 0.6 is 11.8 Å². The molecule has 0 aromatic heterocycles. The molecule has 0 spiro atoms. The van der Waals surface area contributed by atoms with Crippen LogP contribution in [0.25, 0.3) is 0 Å². The molecule has 0 N–H and O–H groups in total. The molecule has 4 nitrogen and oxygen atoms in total. The van der Waals surface area contributed by atoms with Gasteiger partial charge in [0.25, 0.3) is 0 Å². The molecule has 0 bridgehead atoms. The Kier molecular flexibility index (Phi) is 5.92. The lowest BCUT2D eigenvalue weighted by atomic mass is 10.1. The first-order chi connectivity index (χ1) is 10.9. The summed E-state index contributed by atoms with van der Waals surface area (Å²) < 4.78 is 44.4. The second-order valence-corrected chi connectivity index (χ2v) is 6.28. The minimum atomic E-state index is -1.29. The highest BCUT2D eigenvalue weighted by molar-refractivity contribution is 7.99. The largest absolute Gasteiger partial charge is 0.469 e. The fourth-order valence-electron chi connectivity index (χ4n) is 2.39.